The molecule has 1 aromatic rings. The van der Waals surface area contributed by atoms with Gasteiger partial charge in [-0.25, -0.2) is 0 Å². The molecule has 0 spiro atoms. The van der Waals surface area contributed by atoms with Gasteiger partial charge in [-0.3, -0.25) is 0 Å². The quantitative estimate of drug-likeness (QED) is 0.799. The Labute approximate surface area is 95.5 Å². The van der Waals surface area contributed by atoms with Crippen molar-refractivity contribution in [2.75, 3.05) is 6.61 Å². The van der Waals surface area contributed by atoms with E-state index in [0.29, 0.717) is 6.42 Å². The Hall–Kier alpha value is -1.39. The van der Waals surface area contributed by atoms with E-state index < -0.39 is 5.97 Å². The van der Waals surface area contributed by atoms with Gasteiger partial charge in [0.25, 0.3) is 0 Å². The third-order valence-electron chi connectivity index (χ3n) is 2.93. The first-order valence-corrected chi connectivity index (χ1v) is 4.91. The molecule has 1 rings (SSSR count). The molecule has 0 atom stereocenters. The Kier molecular flexibility index (Phi) is 5.14. The van der Waals surface area contributed by atoms with Crippen LogP contribution in [0.15, 0.2) is 6.07 Å². The number of rotatable bonds is 3. The van der Waals surface area contributed by atoms with Crippen LogP contribution in [0.1, 0.15) is 32.6 Å². The number of hydrogen-bond donors (Lipinski definition) is 2. The molecule has 16 heavy (non-hydrogen) atoms. The number of aliphatic hydroxyl groups excluding tert-OH is 1. The Balaban J connectivity index is 0.00000225. The number of aliphatic hydroxyl groups is 1. The first kappa shape index (κ1) is 14.6. The number of quaternary nitrogens is 1. The van der Waals surface area contributed by atoms with Gasteiger partial charge < -0.3 is 21.2 Å². The van der Waals surface area contributed by atoms with Crippen LogP contribution in [0.3, 0.4) is 0 Å². The third-order valence-corrected chi connectivity index (χ3v) is 2.93. The molecule has 5 N–H and O–H groups in total. The Morgan fingerprint density at radius 2 is 1.81 bits per heavy atom. The van der Waals surface area contributed by atoms with Gasteiger partial charge >= 0.3 is 0 Å². The second kappa shape index (κ2) is 5.63. The molecule has 0 saturated heterocycles. The van der Waals surface area contributed by atoms with Crippen molar-refractivity contribution in [1.82, 2.24) is 6.15 Å². The zero-order valence-corrected chi connectivity index (χ0v) is 10.3. The van der Waals surface area contributed by atoms with Gasteiger partial charge in [-0.1, -0.05) is 0 Å². The van der Waals surface area contributed by atoms with Gasteiger partial charge in [0.15, 0.2) is 0 Å². The van der Waals surface area contributed by atoms with Gasteiger partial charge in [-0.15, -0.1) is 0 Å². The molecule has 0 fully saturated rings. The molecule has 0 aliphatic carbocycles. The first-order valence-electron chi connectivity index (χ1n) is 4.91. The summed E-state index contributed by atoms with van der Waals surface area (Å²) in [5.74, 6) is -1.16. The van der Waals surface area contributed by atoms with Gasteiger partial charge in [0.1, 0.15) is 0 Å². The Morgan fingerprint density at radius 3 is 2.25 bits per heavy atom. The van der Waals surface area contributed by atoms with E-state index in [9.17, 15) is 9.90 Å². The highest BCUT2D eigenvalue weighted by Gasteiger charge is 2.09. The van der Waals surface area contributed by atoms with Gasteiger partial charge in [-0.05, 0) is 55.5 Å². The number of aromatic carboxylic acids is 1. The molecule has 0 aliphatic rings. The zero-order valence-electron chi connectivity index (χ0n) is 10.3. The van der Waals surface area contributed by atoms with Crippen LogP contribution in [0.5, 0.6) is 0 Å². The number of carbonyl (C=O) groups is 1. The van der Waals surface area contributed by atoms with E-state index in [1.54, 1.807) is 13.0 Å². The van der Waals surface area contributed by atoms with Crippen molar-refractivity contribution >= 4 is 5.97 Å². The topological polar surface area (TPSA) is 96.9 Å². The number of carboxylic acid groups (broad SMARTS) is 1. The van der Waals surface area contributed by atoms with Crippen LogP contribution in [0, 0.1) is 20.8 Å². The lowest BCUT2D eigenvalue weighted by molar-refractivity contribution is -0.255. The van der Waals surface area contributed by atoms with Crippen LogP contribution in [-0.2, 0) is 6.42 Å². The highest BCUT2D eigenvalue weighted by Crippen LogP contribution is 2.21. The molecule has 1 aromatic carbocycles. The van der Waals surface area contributed by atoms with Gasteiger partial charge in [0.2, 0.25) is 0 Å². The monoisotopic (exact) mass is 225 g/mol. The molecule has 90 valence electrons. The molecular weight excluding hydrogens is 206 g/mol. The van der Waals surface area contributed by atoms with Crippen molar-refractivity contribution in [2.24, 2.45) is 0 Å². The molecule has 0 saturated carbocycles. The summed E-state index contributed by atoms with van der Waals surface area (Å²) >= 11 is 0. The van der Waals surface area contributed by atoms with E-state index in [4.69, 9.17) is 5.11 Å². The van der Waals surface area contributed by atoms with E-state index in [2.05, 4.69) is 0 Å². The maximum absolute atomic E-state index is 10.9. The van der Waals surface area contributed by atoms with E-state index in [1.807, 2.05) is 13.8 Å². The van der Waals surface area contributed by atoms with E-state index in [1.165, 1.54) is 0 Å². The highest BCUT2D eigenvalue weighted by molar-refractivity contribution is 5.88. The fourth-order valence-electron chi connectivity index (χ4n) is 1.71. The highest BCUT2D eigenvalue weighted by atomic mass is 16.4. The van der Waals surface area contributed by atoms with Gasteiger partial charge in [-0.2, -0.15) is 0 Å². The van der Waals surface area contributed by atoms with Crippen LogP contribution in [0.25, 0.3) is 0 Å². The third kappa shape index (κ3) is 2.59. The van der Waals surface area contributed by atoms with Crippen molar-refractivity contribution < 1.29 is 15.0 Å². The molecular formula is C12H19NO3. The molecule has 0 unspecified atom stereocenters. The summed E-state index contributed by atoms with van der Waals surface area (Å²) in [6.07, 6.45) is 0.479. The van der Waals surface area contributed by atoms with Gasteiger partial charge in [0, 0.05) is 12.2 Å². The minimum Gasteiger partial charge on any atom is -0.545 e. The average Bonchev–Trinajstić information content (AvgIpc) is 2.18. The summed E-state index contributed by atoms with van der Waals surface area (Å²) in [5.41, 5.74) is 3.85. The van der Waals surface area contributed by atoms with Crippen molar-refractivity contribution in [3.05, 3.63) is 33.9 Å². The summed E-state index contributed by atoms with van der Waals surface area (Å²) < 4.78 is 0. The molecule has 0 heterocycles. The fourth-order valence-corrected chi connectivity index (χ4v) is 1.71. The molecule has 4 nitrogen and oxygen atoms in total. The number of carbonyl (C=O) groups excluding carboxylic acids is 1. The lowest BCUT2D eigenvalue weighted by Crippen LogP contribution is -2.24. The second-order valence-electron chi connectivity index (χ2n) is 3.72. The molecule has 0 aromatic heterocycles. The van der Waals surface area contributed by atoms with Crippen LogP contribution in [-0.4, -0.2) is 17.7 Å². The normalized spacial score (nSPS) is 9.75. The summed E-state index contributed by atoms with van der Waals surface area (Å²) in [6, 6.07) is 1.60. The molecule has 0 aliphatic heterocycles. The van der Waals surface area contributed by atoms with Crippen molar-refractivity contribution in [2.45, 2.75) is 27.2 Å². The van der Waals surface area contributed by atoms with Gasteiger partial charge in [0.05, 0.1) is 5.97 Å². The standard InChI is InChI=1S/C12H16O3.H3N/c1-7-8(2)10(4-5-13)6-11(9(7)3)12(14)15;/h6,13H,4-5H2,1-3H3,(H,14,15);1H3. The molecule has 0 bridgehead atoms. The fraction of sp³-hybridized carbons (Fsp3) is 0.417. The SMILES string of the molecule is Cc1c(CCO)cc(C(=O)[O-])c(C)c1C.[NH4+]. The number of carboxylic acids is 1. The van der Waals surface area contributed by atoms with Crippen LogP contribution >= 0.6 is 0 Å². The lowest BCUT2D eigenvalue weighted by atomic mass is 9.93. The maximum atomic E-state index is 10.9. The molecule has 0 amide bonds. The predicted octanol–water partition coefficient (Wildman–Crippen LogP) is 0.886. The smallest absolute Gasteiger partial charge is 0.0718 e. The number of benzene rings is 1. The van der Waals surface area contributed by atoms with E-state index in [0.717, 1.165) is 22.3 Å². The summed E-state index contributed by atoms with van der Waals surface area (Å²) in [5, 5.41) is 19.7. The van der Waals surface area contributed by atoms with Crippen LogP contribution < -0.4 is 11.3 Å². The van der Waals surface area contributed by atoms with E-state index >= 15 is 0 Å². The second-order valence-corrected chi connectivity index (χ2v) is 3.72. The van der Waals surface area contributed by atoms with Crippen molar-refractivity contribution in [3.8, 4) is 0 Å². The van der Waals surface area contributed by atoms with Crippen molar-refractivity contribution in [1.29, 1.82) is 0 Å². The largest absolute Gasteiger partial charge is 0.545 e. The summed E-state index contributed by atoms with van der Waals surface area (Å²) in [6.45, 7) is 5.62. The minimum absolute atomic E-state index is 0. The van der Waals surface area contributed by atoms with Crippen LogP contribution in [0.2, 0.25) is 0 Å². The summed E-state index contributed by atoms with van der Waals surface area (Å²) in [7, 11) is 0. The summed E-state index contributed by atoms with van der Waals surface area (Å²) in [4.78, 5) is 10.9. The zero-order chi connectivity index (χ0) is 11.6. The Morgan fingerprint density at radius 1 is 1.25 bits per heavy atom. The number of hydrogen-bond acceptors (Lipinski definition) is 3. The minimum atomic E-state index is -1.16. The van der Waals surface area contributed by atoms with Crippen LogP contribution in [0.4, 0.5) is 0 Å². The first-order chi connectivity index (χ1) is 6.99. The Bertz CT molecular complexity index is 400. The molecule has 4 heteroatoms. The maximum Gasteiger partial charge on any atom is 0.0718 e. The predicted molar refractivity (Wildman–Crippen MR) is 61.8 cm³/mol. The average molecular weight is 225 g/mol. The van der Waals surface area contributed by atoms with E-state index in [-0.39, 0.29) is 18.3 Å². The molecule has 0 radical (unpaired) electrons. The van der Waals surface area contributed by atoms with Crippen molar-refractivity contribution in [3.63, 3.8) is 0 Å². The lowest BCUT2D eigenvalue weighted by Gasteiger charge is -2.16.